The molecule has 1 N–H and O–H groups in total. The predicted octanol–water partition coefficient (Wildman–Crippen LogP) is 3.47. The molecule has 1 saturated carbocycles. The first-order valence-corrected chi connectivity index (χ1v) is 7.83. The molecule has 1 aromatic carbocycles. The molecule has 1 aliphatic heterocycles. The Bertz CT molecular complexity index is 818. The number of carbonyl (C=O) groups is 1. The SMILES string of the molecule is O=C(O)N1CCc2cc3c(F)c(F)cc(C4CC4)c3nc2CC1. The maximum Gasteiger partial charge on any atom is 0.407 e. The van der Waals surface area contributed by atoms with E-state index in [9.17, 15) is 13.6 Å². The van der Waals surface area contributed by atoms with Crippen LogP contribution in [0.3, 0.4) is 0 Å². The number of pyridine rings is 1. The van der Waals surface area contributed by atoms with Crippen molar-refractivity contribution in [2.75, 3.05) is 13.1 Å². The first-order valence-electron chi connectivity index (χ1n) is 7.83. The van der Waals surface area contributed by atoms with Crippen molar-refractivity contribution < 1.29 is 18.7 Å². The molecule has 2 aliphatic rings. The van der Waals surface area contributed by atoms with E-state index in [2.05, 4.69) is 4.98 Å². The number of benzene rings is 1. The van der Waals surface area contributed by atoms with Gasteiger partial charge in [0.2, 0.25) is 0 Å². The standard InChI is InChI=1S/C17H16F2N2O2/c18-13-8-11(9-1-2-9)16-12(15(13)19)7-10-3-5-21(17(22)23)6-4-14(10)20-16/h7-9H,1-6H2,(H,22,23). The maximum absolute atomic E-state index is 14.2. The third-order valence-electron chi connectivity index (χ3n) is 4.75. The van der Waals surface area contributed by atoms with Crippen molar-refractivity contribution in [3.8, 4) is 0 Å². The highest BCUT2D eigenvalue weighted by Crippen LogP contribution is 2.44. The molecular formula is C17H16F2N2O2. The smallest absolute Gasteiger partial charge is 0.407 e. The van der Waals surface area contributed by atoms with E-state index in [0.29, 0.717) is 31.4 Å². The van der Waals surface area contributed by atoms with Gasteiger partial charge in [0, 0.05) is 30.6 Å². The van der Waals surface area contributed by atoms with Crippen LogP contribution in [0.15, 0.2) is 12.1 Å². The fraction of sp³-hybridized carbons (Fsp3) is 0.412. The zero-order chi connectivity index (χ0) is 16.1. The minimum absolute atomic E-state index is 0.217. The Morgan fingerprint density at radius 1 is 1.22 bits per heavy atom. The second-order valence-corrected chi connectivity index (χ2v) is 6.30. The van der Waals surface area contributed by atoms with E-state index < -0.39 is 17.7 Å². The van der Waals surface area contributed by atoms with E-state index in [1.165, 1.54) is 11.0 Å². The van der Waals surface area contributed by atoms with Crippen molar-refractivity contribution in [2.45, 2.75) is 31.6 Å². The average molecular weight is 318 g/mol. The number of aromatic nitrogens is 1. The first kappa shape index (κ1) is 14.4. The third kappa shape index (κ3) is 2.42. The van der Waals surface area contributed by atoms with Gasteiger partial charge in [-0.3, -0.25) is 4.98 Å². The molecule has 0 atom stereocenters. The van der Waals surface area contributed by atoms with Crippen LogP contribution in [0.1, 0.15) is 35.6 Å². The summed E-state index contributed by atoms with van der Waals surface area (Å²) in [4.78, 5) is 17.1. The van der Waals surface area contributed by atoms with Crippen LogP contribution in [0.4, 0.5) is 13.6 Å². The summed E-state index contributed by atoms with van der Waals surface area (Å²) in [6.45, 7) is 0.727. The van der Waals surface area contributed by atoms with Crippen LogP contribution in [-0.2, 0) is 12.8 Å². The van der Waals surface area contributed by atoms with Crippen LogP contribution in [0.5, 0.6) is 0 Å². The summed E-state index contributed by atoms with van der Waals surface area (Å²) in [6, 6.07) is 2.93. The Labute approximate surface area is 131 Å². The normalized spacial score (nSPS) is 17.9. The molecule has 1 aromatic heterocycles. The molecule has 120 valence electrons. The Morgan fingerprint density at radius 2 is 1.96 bits per heavy atom. The number of hydrogen-bond donors (Lipinski definition) is 1. The Morgan fingerprint density at radius 3 is 2.65 bits per heavy atom. The lowest BCUT2D eigenvalue weighted by Gasteiger charge is -2.14. The minimum Gasteiger partial charge on any atom is -0.465 e. The van der Waals surface area contributed by atoms with Crippen LogP contribution in [0.25, 0.3) is 10.9 Å². The first-order chi connectivity index (χ1) is 11.0. The van der Waals surface area contributed by atoms with Gasteiger partial charge in [0.15, 0.2) is 11.6 Å². The molecule has 0 unspecified atom stereocenters. The van der Waals surface area contributed by atoms with E-state index in [4.69, 9.17) is 5.11 Å². The number of hydrogen-bond acceptors (Lipinski definition) is 2. The van der Waals surface area contributed by atoms with Crippen molar-refractivity contribution in [2.24, 2.45) is 0 Å². The highest BCUT2D eigenvalue weighted by molar-refractivity contribution is 5.84. The average Bonchev–Trinajstić information content (AvgIpc) is 3.35. The Hall–Kier alpha value is -2.24. The van der Waals surface area contributed by atoms with E-state index in [0.717, 1.165) is 29.7 Å². The molecule has 0 bridgehead atoms. The molecule has 1 amide bonds. The summed E-state index contributed by atoms with van der Waals surface area (Å²) in [6.07, 6.45) is 1.97. The highest BCUT2D eigenvalue weighted by Gasteiger charge is 2.29. The van der Waals surface area contributed by atoms with Crippen LogP contribution >= 0.6 is 0 Å². The highest BCUT2D eigenvalue weighted by atomic mass is 19.2. The Balaban J connectivity index is 1.86. The molecule has 1 fully saturated rings. The van der Waals surface area contributed by atoms with Crippen LogP contribution in [0.2, 0.25) is 0 Å². The quantitative estimate of drug-likeness (QED) is 0.876. The van der Waals surface area contributed by atoms with Gasteiger partial charge in [-0.05, 0) is 48.4 Å². The van der Waals surface area contributed by atoms with Crippen molar-refractivity contribution in [1.29, 1.82) is 0 Å². The van der Waals surface area contributed by atoms with Gasteiger partial charge >= 0.3 is 6.09 Å². The number of amides is 1. The monoisotopic (exact) mass is 318 g/mol. The molecule has 0 spiro atoms. The maximum atomic E-state index is 14.2. The second-order valence-electron chi connectivity index (χ2n) is 6.30. The van der Waals surface area contributed by atoms with Crippen LogP contribution < -0.4 is 0 Å². The van der Waals surface area contributed by atoms with E-state index in [-0.39, 0.29) is 11.3 Å². The third-order valence-corrected chi connectivity index (χ3v) is 4.75. The number of carboxylic acid groups (broad SMARTS) is 1. The van der Waals surface area contributed by atoms with Gasteiger partial charge in [0.05, 0.1) is 5.52 Å². The molecule has 4 rings (SSSR count). The Kier molecular flexibility index (Phi) is 3.21. The molecule has 1 aliphatic carbocycles. The second kappa shape index (κ2) is 5.15. The fourth-order valence-electron chi connectivity index (χ4n) is 3.31. The van der Waals surface area contributed by atoms with Crippen LogP contribution in [-0.4, -0.2) is 34.2 Å². The van der Waals surface area contributed by atoms with Gasteiger partial charge in [-0.2, -0.15) is 0 Å². The van der Waals surface area contributed by atoms with Crippen molar-refractivity contribution in [3.63, 3.8) is 0 Å². The van der Waals surface area contributed by atoms with Crippen molar-refractivity contribution >= 4 is 17.0 Å². The van der Waals surface area contributed by atoms with Gasteiger partial charge in [-0.1, -0.05) is 0 Å². The van der Waals surface area contributed by atoms with Crippen molar-refractivity contribution in [3.05, 3.63) is 40.6 Å². The van der Waals surface area contributed by atoms with E-state index >= 15 is 0 Å². The van der Waals surface area contributed by atoms with Gasteiger partial charge in [0.25, 0.3) is 0 Å². The van der Waals surface area contributed by atoms with Crippen LogP contribution in [0, 0.1) is 11.6 Å². The van der Waals surface area contributed by atoms with E-state index in [1.807, 2.05) is 0 Å². The molecule has 2 heterocycles. The van der Waals surface area contributed by atoms with Gasteiger partial charge in [0.1, 0.15) is 0 Å². The number of rotatable bonds is 1. The molecule has 2 aromatic rings. The van der Waals surface area contributed by atoms with E-state index in [1.54, 1.807) is 6.07 Å². The molecule has 0 radical (unpaired) electrons. The molecule has 23 heavy (non-hydrogen) atoms. The number of fused-ring (bicyclic) bond motifs is 2. The predicted molar refractivity (Wildman–Crippen MR) is 80.6 cm³/mol. The molecule has 6 heteroatoms. The van der Waals surface area contributed by atoms with Gasteiger partial charge in [-0.15, -0.1) is 0 Å². The largest absolute Gasteiger partial charge is 0.465 e. The van der Waals surface area contributed by atoms with Crippen molar-refractivity contribution in [1.82, 2.24) is 9.88 Å². The summed E-state index contributed by atoms with van der Waals surface area (Å²) in [5.74, 6) is -1.43. The number of nitrogens with zero attached hydrogens (tertiary/aromatic N) is 2. The topological polar surface area (TPSA) is 53.4 Å². The minimum atomic E-state index is -0.960. The summed E-state index contributed by atoms with van der Waals surface area (Å²) in [5, 5.41) is 9.35. The summed E-state index contributed by atoms with van der Waals surface area (Å²) >= 11 is 0. The lowest BCUT2D eigenvalue weighted by atomic mass is 10.0. The lowest BCUT2D eigenvalue weighted by Crippen LogP contribution is -2.31. The fourth-order valence-corrected chi connectivity index (χ4v) is 3.31. The van der Waals surface area contributed by atoms with Gasteiger partial charge in [-0.25, -0.2) is 13.6 Å². The molecular weight excluding hydrogens is 302 g/mol. The number of halogens is 2. The summed E-state index contributed by atoms with van der Waals surface area (Å²) in [7, 11) is 0. The summed E-state index contributed by atoms with van der Waals surface area (Å²) in [5.41, 5.74) is 2.93. The molecule has 4 nitrogen and oxygen atoms in total. The lowest BCUT2D eigenvalue weighted by molar-refractivity contribution is 0.147. The zero-order valence-corrected chi connectivity index (χ0v) is 12.5. The zero-order valence-electron chi connectivity index (χ0n) is 12.5. The molecule has 0 saturated heterocycles. The summed E-state index contributed by atoms with van der Waals surface area (Å²) < 4.78 is 28.1. The van der Waals surface area contributed by atoms with Gasteiger partial charge < -0.3 is 10.0 Å².